The quantitative estimate of drug-likeness (QED) is 0.656. The van der Waals surface area contributed by atoms with E-state index < -0.39 is 0 Å². The molecule has 0 radical (unpaired) electrons. The maximum absolute atomic E-state index is 12.9. The van der Waals surface area contributed by atoms with Gasteiger partial charge in [-0.25, -0.2) is 9.97 Å². The predicted octanol–water partition coefficient (Wildman–Crippen LogP) is 4.20. The number of imidazole rings is 1. The van der Waals surface area contributed by atoms with Crippen molar-refractivity contribution < 1.29 is 4.79 Å². The van der Waals surface area contributed by atoms with Gasteiger partial charge < -0.3 is 15.2 Å². The second kappa shape index (κ2) is 7.92. The Morgan fingerprint density at radius 1 is 1.19 bits per heavy atom. The lowest BCUT2D eigenvalue weighted by Crippen LogP contribution is -2.36. The number of halogens is 1. The Morgan fingerprint density at radius 2 is 2.04 bits per heavy atom. The lowest BCUT2D eigenvalue weighted by molar-refractivity contribution is 0.102. The number of benzene rings is 1. The van der Waals surface area contributed by atoms with E-state index in [1.807, 2.05) is 36.5 Å². The molecular weight excluding hydrogens is 406 g/mol. The normalized spacial score (nSPS) is 16.9. The van der Waals surface area contributed by atoms with Gasteiger partial charge in [-0.05, 0) is 49.2 Å². The van der Waals surface area contributed by atoms with Crippen molar-refractivity contribution in [2.24, 2.45) is 0 Å². The van der Waals surface area contributed by atoms with Crippen LogP contribution >= 0.6 is 15.9 Å². The first-order chi connectivity index (χ1) is 13.2. The molecule has 4 rings (SSSR count). The Morgan fingerprint density at radius 3 is 2.81 bits per heavy atom. The van der Waals surface area contributed by atoms with Gasteiger partial charge in [-0.2, -0.15) is 0 Å². The van der Waals surface area contributed by atoms with Crippen LogP contribution in [0, 0.1) is 0 Å². The molecule has 1 aliphatic heterocycles. The first-order valence-electron chi connectivity index (χ1n) is 8.97. The summed E-state index contributed by atoms with van der Waals surface area (Å²) in [5.74, 6) is 1.89. The van der Waals surface area contributed by atoms with E-state index in [1.165, 1.54) is 0 Å². The minimum Gasteiger partial charge on any atom is -0.355 e. The third kappa shape index (κ3) is 4.03. The van der Waals surface area contributed by atoms with Crippen LogP contribution in [0.2, 0.25) is 0 Å². The van der Waals surface area contributed by atoms with E-state index in [0.29, 0.717) is 11.5 Å². The molecule has 1 amide bonds. The zero-order valence-corrected chi connectivity index (χ0v) is 16.3. The summed E-state index contributed by atoms with van der Waals surface area (Å²) in [5.41, 5.74) is 1.34. The number of aromatic amines is 1. The number of amides is 1. The Balaban J connectivity index is 1.55. The minimum absolute atomic E-state index is 0.152. The van der Waals surface area contributed by atoms with Crippen LogP contribution in [0.3, 0.4) is 0 Å². The van der Waals surface area contributed by atoms with E-state index in [4.69, 9.17) is 0 Å². The molecule has 3 aromatic rings. The average molecular weight is 426 g/mol. The number of anilines is 2. The highest BCUT2D eigenvalue weighted by atomic mass is 79.9. The average Bonchev–Trinajstić information content (AvgIpc) is 3.25. The highest BCUT2D eigenvalue weighted by Gasteiger charge is 2.26. The number of hydrogen-bond acceptors (Lipinski definition) is 4. The van der Waals surface area contributed by atoms with Crippen molar-refractivity contribution in [1.82, 2.24) is 15.0 Å². The van der Waals surface area contributed by atoms with Crippen LogP contribution in [0.4, 0.5) is 11.5 Å². The van der Waals surface area contributed by atoms with E-state index in [2.05, 4.69) is 41.1 Å². The van der Waals surface area contributed by atoms with Gasteiger partial charge >= 0.3 is 0 Å². The van der Waals surface area contributed by atoms with Gasteiger partial charge in [-0.15, -0.1) is 0 Å². The molecule has 27 heavy (non-hydrogen) atoms. The second-order valence-corrected chi connectivity index (χ2v) is 7.51. The number of rotatable bonds is 4. The smallest absolute Gasteiger partial charge is 0.259 e. The first kappa shape index (κ1) is 17.7. The summed E-state index contributed by atoms with van der Waals surface area (Å²) in [7, 11) is 0. The lowest BCUT2D eigenvalue weighted by Gasteiger charge is -2.33. The second-order valence-electron chi connectivity index (χ2n) is 6.60. The van der Waals surface area contributed by atoms with Crippen molar-refractivity contribution in [3.8, 4) is 0 Å². The maximum atomic E-state index is 12.9. The van der Waals surface area contributed by atoms with Crippen molar-refractivity contribution in [2.75, 3.05) is 23.3 Å². The number of pyridine rings is 1. The zero-order valence-electron chi connectivity index (χ0n) is 14.7. The fourth-order valence-electron chi connectivity index (χ4n) is 3.45. The van der Waals surface area contributed by atoms with E-state index in [9.17, 15) is 4.79 Å². The zero-order chi connectivity index (χ0) is 18.6. The number of nitrogens with one attached hydrogen (secondary N) is 2. The largest absolute Gasteiger partial charge is 0.355 e. The van der Waals surface area contributed by atoms with Gasteiger partial charge in [0, 0.05) is 47.8 Å². The van der Waals surface area contributed by atoms with Crippen LogP contribution in [-0.2, 0) is 0 Å². The number of carbonyl (C=O) groups excluding carboxylic acids is 1. The van der Waals surface area contributed by atoms with E-state index >= 15 is 0 Å². The molecule has 2 N–H and O–H groups in total. The van der Waals surface area contributed by atoms with Crippen molar-refractivity contribution in [1.29, 1.82) is 0 Å². The number of hydrogen-bond donors (Lipinski definition) is 2. The molecule has 1 aromatic carbocycles. The molecule has 1 saturated heterocycles. The minimum atomic E-state index is -0.152. The summed E-state index contributed by atoms with van der Waals surface area (Å²) in [4.78, 5) is 27.2. The van der Waals surface area contributed by atoms with Crippen molar-refractivity contribution in [2.45, 2.75) is 18.8 Å². The molecule has 1 aliphatic rings. The molecule has 0 aliphatic carbocycles. The van der Waals surface area contributed by atoms with Crippen molar-refractivity contribution in [3.05, 3.63) is 70.8 Å². The Hall–Kier alpha value is -2.67. The number of H-pyrrole nitrogens is 1. The molecule has 3 heterocycles. The van der Waals surface area contributed by atoms with Crippen LogP contribution < -0.4 is 10.2 Å². The Labute approximate surface area is 166 Å². The van der Waals surface area contributed by atoms with Gasteiger partial charge in [0.1, 0.15) is 11.6 Å². The van der Waals surface area contributed by atoms with Crippen molar-refractivity contribution >= 4 is 33.3 Å². The third-order valence-corrected chi connectivity index (χ3v) is 5.29. The summed E-state index contributed by atoms with van der Waals surface area (Å²) in [6, 6.07) is 11.2. The summed E-state index contributed by atoms with van der Waals surface area (Å²) in [6.45, 7) is 1.68. The van der Waals surface area contributed by atoms with Crippen LogP contribution in [-0.4, -0.2) is 33.9 Å². The Bertz CT molecular complexity index is 910. The maximum Gasteiger partial charge on any atom is 0.259 e. The van der Waals surface area contributed by atoms with Gasteiger partial charge in [-0.3, -0.25) is 4.79 Å². The van der Waals surface area contributed by atoms with Gasteiger partial charge in [0.25, 0.3) is 5.91 Å². The topological polar surface area (TPSA) is 73.9 Å². The van der Waals surface area contributed by atoms with Gasteiger partial charge in [0.2, 0.25) is 0 Å². The van der Waals surface area contributed by atoms with E-state index in [1.54, 1.807) is 18.5 Å². The molecule has 0 saturated carbocycles. The van der Waals surface area contributed by atoms with E-state index in [-0.39, 0.29) is 5.91 Å². The molecule has 2 aromatic heterocycles. The fourth-order valence-corrected chi connectivity index (χ4v) is 3.72. The molecule has 0 spiro atoms. The summed E-state index contributed by atoms with van der Waals surface area (Å²) in [6.07, 6.45) is 7.49. The lowest BCUT2D eigenvalue weighted by atomic mass is 9.97. The molecule has 1 unspecified atom stereocenters. The molecule has 0 bridgehead atoms. The summed E-state index contributed by atoms with van der Waals surface area (Å²) >= 11 is 3.41. The number of aromatic nitrogens is 3. The van der Waals surface area contributed by atoms with Crippen LogP contribution in [0.5, 0.6) is 0 Å². The van der Waals surface area contributed by atoms with Gasteiger partial charge in [-0.1, -0.05) is 15.9 Å². The molecule has 138 valence electrons. The molecule has 6 nitrogen and oxygen atoms in total. The summed E-state index contributed by atoms with van der Waals surface area (Å²) < 4.78 is 0.972. The number of piperidine rings is 1. The summed E-state index contributed by atoms with van der Waals surface area (Å²) in [5, 5.41) is 2.96. The SMILES string of the molecule is O=C(Nc1ccc(Br)cc1)c1cccnc1N1CCCC(c2ncc[nH]2)C1. The molecule has 1 atom stereocenters. The fraction of sp³-hybridized carbons (Fsp3) is 0.250. The van der Waals surface area contributed by atoms with Crippen LogP contribution in [0.15, 0.2) is 59.5 Å². The highest BCUT2D eigenvalue weighted by molar-refractivity contribution is 9.10. The number of carbonyl (C=O) groups is 1. The third-order valence-electron chi connectivity index (χ3n) is 4.76. The monoisotopic (exact) mass is 425 g/mol. The first-order valence-corrected chi connectivity index (χ1v) is 9.76. The highest BCUT2D eigenvalue weighted by Crippen LogP contribution is 2.29. The molecule has 1 fully saturated rings. The van der Waals surface area contributed by atoms with Crippen LogP contribution in [0.1, 0.15) is 34.9 Å². The van der Waals surface area contributed by atoms with Gasteiger partial charge in [0.15, 0.2) is 0 Å². The molecular formula is C20H20BrN5O. The van der Waals surface area contributed by atoms with Gasteiger partial charge in [0.05, 0.1) is 5.56 Å². The van der Waals surface area contributed by atoms with E-state index in [0.717, 1.165) is 47.7 Å². The number of nitrogens with zero attached hydrogens (tertiary/aromatic N) is 3. The van der Waals surface area contributed by atoms with Crippen LogP contribution in [0.25, 0.3) is 0 Å². The van der Waals surface area contributed by atoms with Crippen molar-refractivity contribution in [3.63, 3.8) is 0 Å². The Kier molecular flexibility index (Phi) is 5.20. The standard InChI is InChI=1S/C20H20BrN5O/c21-15-5-7-16(8-6-15)25-20(27)17-4-1-9-24-19(17)26-12-2-3-14(13-26)18-22-10-11-23-18/h1,4-11,14H,2-3,12-13H2,(H,22,23)(H,25,27). The molecule has 7 heteroatoms. The predicted molar refractivity (Wildman–Crippen MR) is 109 cm³/mol.